The molecule has 4 nitrogen and oxygen atoms in total. The highest BCUT2D eigenvalue weighted by molar-refractivity contribution is 6.30. The fraction of sp³-hybridized carbons (Fsp3) is 0.500. The molecule has 0 aliphatic heterocycles. The van der Waals surface area contributed by atoms with E-state index >= 15 is 0 Å². The first kappa shape index (κ1) is 13.9. The largest absolute Gasteiger partial charge is 0.369 e. The number of amides is 1. The first-order valence-electron chi connectivity index (χ1n) is 5.73. The number of halogens is 1. The lowest BCUT2D eigenvalue weighted by Gasteiger charge is -2.20. The van der Waals surface area contributed by atoms with Gasteiger partial charge in [-0.3, -0.25) is 9.69 Å². The lowest BCUT2D eigenvalue weighted by molar-refractivity contribution is -0.119. The number of unbranched alkanes of at least 4 members (excludes halogenated alkanes) is 1. The molecule has 0 saturated heterocycles. The lowest BCUT2D eigenvalue weighted by Crippen LogP contribution is -2.34. The zero-order chi connectivity index (χ0) is 12.7. The molecule has 0 saturated carbocycles. The standard InChI is InChI=1S/C12H18ClN3O/c1-2-3-7-16(9-11(14)17)8-10-5-4-6-15-12(10)13/h4-6H,2-3,7-9H2,1H3,(H2,14,17). The Labute approximate surface area is 107 Å². The zero-order valence-electron chi connectivity index (χ0n) is 10.0. The van der Waals surface area contributed by atoms with Gasteiger partial charge in [-0.25, -0.2) is 4.98 Å². The number of aromatic nitrogens is 1. The number of carbonyl (C=O) groups excluding carboxylic acids is 1. The van der Waals surface area contributed by atoms with E-state index in [0.29, 0.717) is 11.7 Å². The maximum absolute atomic E-state index is 11.0. The summed E-state index contributed by atoms with van der Waals surface area (Å²) in [5.74, 6) is -0.318. The van der Waals surface area contributed by atoms with E-state index in [9.17, 15) is 4.79 Å². The molecule has 0 aromatic carbocycles. The van der Waals surface area contributed by atoms with Crippen molar-refractivity contribution in [1.82, 2.24) is 9.88 Å². The van der Waals surface area contributed by atoms with Crippen molar-refractivity contribution in [1.29, 1.82) is 0 Å². The topological polar surface area (TPSA) is 59.2 Å². The van der Waals surface area contributed by atoms with Crippen molar-refractivity contribution < 1.29 is 4.79 Å². The zero-order valence-corrected chi connectivity index (χ0v) is 10.8. The Hall–Kier alpha value is -1.13. The highest BCUT2D eigenvalue weighted by Crippen LogP contribution is 2.14. The number of carbonyl (C=O) groups is 1. The van der Waals surface area contributed by atoms with Crippen LogP contribution in [0.4, 0.5) is 0 Å². The minimum absolute atomic E-state index is 0.255. The van der Waals surface area contributed by atoms with Crippen molar-refractivity contribution in [2.45, 2.75) is 26.3 Å². The van der Waals surface area contributed by atoms with Crippen molar-refractivity contribution in [2.75, 3.05) is 13.1 Å². The first-order valence-corrected chi connectivity index (χ1v) is 6.11. The van der Waals surface area contributed by atoms with E-state index in [1.54, 1.807) is 6.20 Å². The summed E-state index contributed by atoms with van der Waals surface area (Å²) in [7, 11) is 0. The molecule has 2 N–H and O–H groups in total. The second-order valence-electron chi connectivity index (χ2n) is 3.98. The molecule has 0 radical (unpaired) electrons. The normalized spacial score (nSPS) is 10.8. The van der Waals surface area contributed by atoms with E-state index in [-0.39, 0.29) is 12.5 Å². The van der Waals surface area contributed by atoms with Crippen LogP contribution in [-0.2, 0) is 11.3 Å². The highest BCUT2D eigenvalue weighted by Gasteiger charge is 2.10. The second kappa shape index (κ2) is 7.25. The van der Waals surface area contributed by atoms with Crippen LogP contribution in [0.3, 0.4) is 0 Å². The number of rotatable bonds is 7. The third kappa shape index (κ3) is 5.15. The Balaban J connectivity index is 2.64. The van der Waals surface area contributed by atoms with Gasteiger partial charge in [0.1, 0.15) is 5.15 Å². The fourth-order valence-corrected chi connectivity index (χ4v) is 1.77. The van der Waals surface area contributed by atoms with Crippen molar-refractivity contribution in [3.05, 3.63) is 29.0 Å². The molecule has 1 aromatic rings. The van der Waals surface area contributed by atoms with E-state index in [0.717, 1.165) is 24.9 Å². The Morgan fingerprint density at radius 2 is 2.35 bits per heavy atom. The van der Waals surface area contributed by atoms with Gasteiger partial charge in [-0.1, -0.05) is 31.0 Å². The molecule has 1 rings (SSSR count). The van der Waals surface area contributed by atoms with Gasteiger partial charge in [0.15, 0.2) is 0 Å². The summed E-state index contributed by atoms with van der Waals surface area (Å²) in [5, 5.41) is 0.485. The van der Waals surface area contributed by atoms with Gasteiger partial charge >= 0.3 is 0 Å². The van der Waals surface area contributed by atoms with Crippen molar-refractivity contribution in [3.63, 3.8) is 0 Å². The molecule has 94 valence electrons. The molecule has 1 amide bonds. The van der Waals surface area contributed by atoms with Gasteiger partial charge in [-0.15, -0.1) is 0 Å². The van der Waals surface area contributed by atoms with Crippen molar-refractivity contribution >= 4 is 17.5 Å². The molecule has 17 heavy (non-hydrogen) atoms. The molecule has 0 spiro atoms. The summed E-state index contributed by atoms with van der Waals surface area (Å²) in [5.41, 5.74) is 6.15. The Morgan fingerprint density at radius 1 is 1.59 bits per heavy atom. The Bertz CT molecular complexity index is 371. The number of pyridine rings is 1. The molecule has 1 aromatic heterocycles. The summed E-state index contributed by atoms with van der Waals surface area (Å²) in [6, 6.07) is 3.75. The molecule has 0 fully saturated rings. The predicted octanol–water partition coefficient (Wildman–Crippen LogP) is 1.82. The van der Waals surface area contributed by atoms with Crippen LogP contribution < -0.4 is 5.73 Å². The van der Waals surface area contributed by atoms with Crippen molar-refractivity contribution in [3.8, 4) is 0 Å². The van der Waals surface area contributed by atoms with Gasteiger partial charge < -0.3 is 5.73 Å². The van der Waals surface area contributed by atoms with Gasteiger partial charge in [0.25, 0.3) is 0 Å². The van der Waals surface area contributed by atoms with Crippen LogP contribution >= 0.6 is 11.6 Å². The fourth-order valence-electron chi connectivity index (χ4n) is 1.59. The predicted molar refractivity (Wildman–Crippen MR) is 68.6 cm³/mol. The van der Waals surface area contributed by atoms with Gasteiger partial charge in [-0.05, 0) is 19.0 Å². The summed E-state index contributed by atoms with van der Waals surface area (Å²) in [6.45, 7) is 3.81. The van der Waals surface area contributed by atoms with E-state index in [1.807, 2.05) is 17.0 Å². The van der Waals surface area contributed by atoms with Crippen LogP contribution in [0.2, 0.25) is 5.15 Å². The quantitative estimate of drug-likeness (QED) is 0.756. The SMILES string of the molecule is CCCCN(CC(N)=O)Cc1cccnc1Cl. The molecule has 1 heterocycles. The van der Waals surface area contributed by atoms with Gasteiger partial charge in [0.2, 0.25) is 5.91 Å². The van der Waals surface area contributed by atoms with Crippen LogP contribution in [0.1, 0.15) is 25.3 Å². The van der Waals surface area contributed by atoms with E-state index in [4.69, 9.17) is 17.3 Å². The van der Waals surface area contributed by atoms with Gasteiger partial charge in [0.05, 0.1) is 6.54 Å². The van der Waals surface area contributed by atoms with E-state index in [2.05, 4.69) is 11.9 Å². The average molecular weight is 256 g/mol. The Kier molecular flexibility index (Phi) is 5.94. The minimum Gasteiger partial charge on any atom is -0.369 e. The molecule has 0 unspecified atom stereocenters. The Morgan fingerprint density at radius 3 is 2.94 bits per heavy atom. The van der Waals surface area contributed by atoms with Crippen LogP contribution in [0, 0.1) is 0 Å². The average Bonchev–Trinajstić information content (AvgIpc) is 2.28. The van der Waals surface area contributed by atoms with Gasteiger partial charge in [-0.2, -0.15) is 0 Å². The maximum Gasteiger partial charge on any atom is 0.231 e. The van der Waals surface area contributed by atoms with Crippen molar-refractivity contribution in [2.24, 2.45) is 5.73 Å². The van der Waals surface area contributed by atoms with Gasteiger partial charge in [0, 0.05) is 18.3 Å². The van der Waals surface area contributed by atoms with E-state index in [1.165, 1.54) is 0 Å². The number of nitrogens with two attached hydrogens (primary N) is 1. The third-order valence-corrected chi connectivity index (χ3v) is 2.78. The first-order chi connectivity index (χ1) is 8.13. The summed E-state index contributed by atoms with van der Waals surface area (Å²) in [6.07, 6.45) is 3.76. The van der Waals surface area contributed by atoms with E-state index < -0.39 is 0 Å². The second-order valence-corrected chi connectivity index (χ2v) is 4.34. The molecule has 0 aliphatic carbocycles. The van der Waals surface area contributed by atoms with Crippen LogP contribution in [0.5, 0.6) is 0 Å². The molecule has 0 bridgehead atoms. The number of nitrogens with zero attached hydrogens (tertiary/aromatic N) is 2. The number of hydrogen-bond donors (Lipinski definition) is 1. The molecular formula is C12H18ClN3O. The molecule has 0 atom stereocenters. The lowest BCUT2D eigenvalue weighted by atomic mass is 10.2. The highest BCUT2D eigenvalue weighted by atomic mass is 35.5. The summed E-state index contributed by atoms with van der Waals surface area (Å²) >= 11 is 5.98. The molecule has 5 heteroatoms. The smallest absolute Gasteiger partial charge is 0.231 e. The van der Waals surface area contributed by atoms with Crippen LogP contribution in [0.15, 0.2) is 18.3 Å². The number of primary amides is 1. The monoisotopic (exact) mass is 255 g/mol. The van der Waals surface area contributed by atoms with Crippen LogP contribution in [-0.4, -0.2) is 28.9 Å². The molecular weight excluding hydrogens is 238 g/mol. The summed E-state index contributed by atoms with van der Waals surface area (Å²) < 4.78 is 0. The third-order valence-electron chi connectivity index (χ3n) is 2.44. The summed E-state index contributed by atoms with van der Waals surface area (Å²) in [4.78, 5) is 17.0. The molecule has 0 aliphatic rings. The minimum atomic E-state index is -0.318. The van der Waals surface area contributed by atoms with Crippen LogP contribution in [0.25, 0.3) is 0 Å². The number of hydrogen-bond acceptors (Lipinski definition) is 3. The maximum atomic E-state index is 11.0.